The van der Waals surface area contributed by atoms with Crippen LogP contribution in [0, 0.1) is 5.92 Å². The van der Waals surface area contributed by atoms with Gasteiger partial charge in [0, 0.05) is 4.91 Å². The third kappa shape index (κ3) is 2.56. The number of aliphatic hydroxyl groups excluding tert-OH is 2. The maximum Gasteiger partial charge on any atom is 0.112 e. The van der Waals surface area contributed by atoms with Crippen molar-refractivity contribution in [2.45, 2.75) is 30.6 Å². The summed E-state index contributed by atoms with van der Waals surface area (Å²) in [6, 6.07) is -0.400. The van der Waals surface area contributed by atoms with E-state index in [1.54, 1.807) is 6.92 Å². The number of azide groups is 1. The summed E-state index contributed by atoms with van der Waals surface area (Å²) in [4.78, 5) is 2.75. The topological polar surface area (TPSA) is 98.5 Å². The van der Waals surface area contributed by atoms with E-state index in [9.17, 15) is 5.11 Å². The molecule has 1 heterocycles. The maximum atomic E-state index is 9.77. The van der Waals surface area contributed by atoms with Crippen LogP contribution >= 0.6 is 11.8 Å². The van der Waals surface area contributed by atoms with Gasteiger partial charge in [0.05, 0.1) is 18.8 Å². The smallest absolute Gasteiger partial charge is 0.112 e. The number of nitrogens with zero attached hydrogens (tertiary/aromatic N) is 3. The van der Waals surface area contributed by atoms with E-state index < -0.39 is 18.2 Å². The summed E-state index contributed by atoms with van der Waals surface area (Å²) < 4.78 is 5.43. The Hall–Kier alpha value is -0.460. The van der Waals surface area contributed by atoms with Gasteiger partial charge in [-0.2, -0.15) is 0 Å². The average Bonchev–Trinajstić information content (AvgIpc) is 2.25. The van der Waals surface area contributed by atoms with Crippen LogP contribution in [0.2, 0.25) is 0 Å². The fourth-order valence-corrected chi connectivity index (χ4v) is 2.52. The molecule has 7 heteroatoms. The molecule has 86 valence electrons. The Morgan fingerprint density at radius 1 is 1.60 bits per heavy atom. The van der Waals surface area contributed by atoms with Gasteiger partial charge in [0.25, 0.3) is 0 Å². The molecule has 0 aliphatic carbocycles. The van der Waals surface area contributed by atoms with Crippen molar-refractivity contribution in [3.05, 3.63) is 10.4 Å². The van der Waals surface area contributed by atoms with E-state index in [-0.39, 0.29) is 18.0 Å². The number of rotatable bonds is 3. The van der Waals surface area contributed by atoms with Crippen molar-refractivity contribution in [1.29, 1.82) is 0 Å². The molecule has 6 nitrogen and oxygen atoms in total. The molecule has 15 heavy (non-hydrogen) atoms. The van der Waals surface area contributed by atoms with Crippen LogP contribution in [-0.4, -0.2) is 46.8 Å². The Kier molecular flexibility index (Phi) is 4.69. The standard InChI is InChI=1S/C8H15N3O3S/c1-4-6(10-11-9)8(15-2)14-5(3-12)7(4)13/h4-8,12-13H,3H2,1-2H3/t4-,5?,6+,7+,8?/m1/s1. The van der Waals surface area contributed by atoms with Crippen LogP contribution in [-0.2, 0) is 4.74 Å². The predicted octanol–water partition coefficient (Wildman–Crippen LogP) is 0.742. The van der Waals surface area contributed by atoms with Gasteiger partial charge in [-0.05, 0) is 17.7 Å². The van der Waals surface area contributed by atoms with Gasteiger partial charge in [-0.3, -0.25) is 0 Å². The molecule has 0 bridgehead atoms. The first-order valence-corrected chi connectivity index (χ1v) is 5.95. The van der Waals surface area contributed by atoms with E-state index in [1.807, 2.05) is 6.26 Å². The molecule has 0 aromatic heterocycles. The molecule has 1 fully saturated rings. The fourth-order valence-electron chi connectivity index (χ4n) is 1.69. The number of thioether (sulfide) groups is 1. The summed E-state index contributed by atoms with van der Waals surface area (Å²) in [5, 5.41) is 22.4. The predicted molar refractivity (Wildman–Crippen MR) is 57.4 cm³/mol. The van der Waals surface area contributed by atoms with Gasteiger partial charge < -0.3 is 14.9 Å². The van der Waals surface area contributed by atoms with E-state index in [0.717, 1.165) is 0 Å². The minimum absolute atomic E-state index is 0.218. The molecule has 1 saturated heterocycles. The molecule has 0 aromatic carbocycles. The Labute approximate surface area is 92.2 Å². The van der Waals surface area contributed by atoms with Gasteiger partial charge in [-0.15, -0.1) is 11.8 Å². The Morgan fingerprint density at radius 3 is 2.73 bits per heavy atom. The van der Waals surface area contributed by atoms with Crippen LogP contribution in [0.15, 0.2) is 5.11 Å². The second kappa shape index (κ2) is 5.58. The first kappa shape index (κ1) is 12.6. The third-order valence-electron chi connectivity index (χ3n) is 2.64. The normalized spacial score (nSPS) is 40.9. The van der Waals surface area contributed by atoms with Crippen molar-refractivity contribution >= 4 is 11.8 Å². The van der Waals surface area contributed by atoms with Crippen molar-refractivity contribution in [3.63, 3.8) is 0 Å². The van der Waals surface area contributed by atoms with Gasteiger partial charge in [0.1, 0.15) is 11.5 Å². The second-order valence-corrected chi connectivity index (χ2v) is 4.44. The zero-order valence-corrected chi connectivity index (χ0v) is 9.46. The number of aliphatic hydroxyl groups is 2. The monoisotopic (exact) mass is 233 g/mol. The van der Waals surface area contributed by atoms with Gasteiger partial charge in [-0.25, -0.2) is 0 Å². The minimum Gasteiger partial charge on any atom is -0.394 e. The van der Waals surface area contributed by atoms with Crippen LogP contribution in [0.5, 0.6) is 0 Å². The van der Waals surface area contributed by atoms with Gasteiger partial charge in [0.2, 0.25) is 0 Å². The van der Waals surface area contributed by atoms with Crippen molar-refractivity contribution in [2.75, 3.05) is 12.9 Å². The lowest BCUT2D eigenvalue weighted by molar-refractivity contribution is -0.137. The lowest BCUT2D eigenvalue weighted by Crippen LogP contribution is -2.52. The summed E-state index contributed by atoms with van der Waals surface area (Å²) in [5.41, 5.74) is 8.11. The van der Waals surface area contributed by atoms with Crippen LogP contribution in [0.25, 0.3) is 10.4 Å². The highest BCUT2D eigenvalue weighted by Crippen LogP contribution is 2.32. The molecule has 0 radical (unpaired) electrons. The van der Waals surface area contributed by atoms with Gasteiger partial charge in [-0.1, -0.05) is 12.0 Å². The van der Waals surface area contributed by atoms with E-state index in [1.165, 1.54) is 11.8 Å². The summed E-state index contributed by atoms with van der Waals surface area (Å²) in [5.74, 6) is -0.218. The summed E-state index contributed by atoms with van der Waals surface area (Å²) >= 11 is 1.41. The van der Waals surface area contributed by atoms with Crippen LogP contribution < -0.4 is 0 Å². The molecule has 1 rings (SSSR count). The molecular weight excluding hydrogens is 218 g/mol. The number of hydrogen-bond acceptors (Lipinski definition) is 5. The number of hydrogen-bond donors (Lipinski definition) is 2. The highest BCUT2D eigenvalue weighted by molar-refractivity contribution is 7.99. The first-order chi connectivity index (χ1) is 7.15. The molecular formula is C8H15N3O3S. The van der Waals surface area contributed by atoms with Crippen molar-refractivity contribution in [3.8, 4) is 0 Å². The zero-order valence-electron chi connectivity index (χ0n) is 8.65. The molecule has 0 aromatic rings. The van der Waals surface area contributed by atoms with Gasteiger partial charge in [0.15, 0.2) is 0 Å². The summed E-state index contributed by atoms with van der Waals surface area (Å²) in [7, 11) is 0. The lowest BCUT2D eigenvalue weighted by Gasteiger charge is -2.40. The van der Waals surface area contributed by atoms with E-state index in [4.69, 9.17) is 15.4 Å². The molecule has 2 N–H and O–H groups in total. The van der Waals surface area contributed by atoms with Crippen LogP contribution in [0.1, 0.15) is 6.92 Å². The summed E-state index contributed by atoms with van der Waals surface area (Å²) in [6.45, 7) is 1.56. The molecule has 2 unspecified atom stereocenters. The fraction of sp³-hybridized carbons (Fsp3) is 1.00. The molecule has 0 amide bonds. The summed E-state index contributed by atoms with van der Waals surface area (Å²) in [6.07, 6.45) is 0.445. The van der Waals surface area contributed by atoms with E-state index in [0.29, 0.717) is 0 Å². The molecule has 5 atom stereocenters. The molecule has 0 saturated carbocycles. The highest BCUT2D eigenvalue weighted by atomic mass is 32.2. The minimum atomic E-state index is -0.797. The highest BCUT2D eigenvalue weighted by Gasteiger charge is 2.41. The second-order valence-electron chi connectivity index (χ2n) is 3.51. The quantitative estimate of drug-likeness (QED) is 0.426. The average molecular weight is 233 g/mol. The van der Waals surface area contributed by atoms with Crippen molar-refractivity contribution < 1.29 is 14.9 Å². The van der Waals surface area contributed by atoms with E-state index in [2.05, 4.69) is 10.0 Å². The van der Waals surface area contributed by atoms with Gasteiger partial charge >= 0.3 is 0 Å². The zero-order chi connectivity index (χ0) is 11.4. The first-order valence-electron chi connectivity index (χ1n) is 4.67. The maximum absolute atomic E-state index is 9.77. The lowest BCUT2D eigenvalue weighted by atomic mass is 9.90. The van der Waals surface area contributed by atoms with E-state index >= 15 is 0 Å². The molecule has 0 spiro atoms. The third-order valence-corrected chi connectivity index (χ3v) is 3.50. The molecule has 1 aliphatic rings. The van der Waals surface area contributed by atoms with Crippen molar-refractivity contribution in [2.24, 2.45) is 11.0 Å². The van der Waals surface area contributed by atoms with Crippen molar-refractivity contribution in [1.82, 2.24) is 0 Å². The SMILES string of the molecule is CSC1OC(CO)[C@@H](O)[C@H](C)[C@@H]1N=[N+]=[N-]. The Balaban J connectivity index is 2.83. The van der Waals surface area contributed by atoms with Crippen LogP contribution in [0.4, 0.5) is 0 Å². The Bertz CT molecular complexity index is 258. The number of ether oxygens (including phenoxy) is 1. The Morgan fingerprint density at radius 2 is 2.27 bits per heavy atom. The van der Waals surface area contributed by atoms with Crippen LogP contribution in [0.3, 0.4) is 0 Å². The largest absolute Gasteiger partial charge is 0.394 e. The molecule has 1 aliphatic heterocycles.